The van der Waals surface area contributed by atoms with Crippen LogP contribution in [0.15, 0.2) is 12.4 Å². The zero-order chi connectivity index (χ0) is 9.97. The summed E-state index contributed by atoms with van der Waals surface area (Å²) in [5.41, 5.74) is 0.718. The summed E-state index contributed by atoms with van der Waals surface area (Å²) in [5.74, 6) is 0.429. The maximum absolute atomic E-state index is 11.7. The molecule has 0 radical (unpaired) electrons. The number of hydrogen-bond donors (Lipinski definition) is 3. The highest BCUT2D eigenvalue weighted by Crippen LogP contribution is 2.15. The van der Waals surface area contributed by atoms with Gasteiger partial charge in [-0.3, -0.25) is 9.89 Å². The van der Waals surface area contributed by atoms with E-state index >= 15 is 0 Å². The van der Waals surface area contributed by atoms with E-state index in [9.17, 15) is 4.79 Å². The number of aromatic nitrogens is 2. The van der Waals surface area contributed by atoms with Crippen LogP contribution in [-0.2, 0) is 4.79 Å². The summed E-state index contributed by atoms with van der Waals surface area (Å²) in [6.45, 7) is 3.00. The van der Waals surface area contributed by atoms with E-state index in [0.717, 1.165) is 18.7 Å². The molecular weight excluding hydrogens is 180 g/mol. The van der Waals surface area contributed by atoms with Crippen LogP contribution in [0.3, 0.4) is 0 Å². The van der Waals surface area contributed by atoms with Gasteiger partial charge in [0.25, 0.3) is 0 Å². The Hall–Kier alpha value is -1.36. The molecule has 2 rings (SSSR count). The standard InChI is InChI=1S/C9H14N4O/c1-6-2-3-10-8(6)9(14)13-7-4-11-12-5-7/h4-6,8,10H,2-3H2,1H3,(H,11,12)(H,13,14). The van der Waals surface area contributed by atoms with Crippen molar-refractivity contribution in [2.75, 3.05) is 11.9 Å². The van der Waals surface area contributed by atoms with Gasteiger partial charge in [-0.1, -0.05) is 6.92 Å². The third-order valence-electron chi connectivity index (χ3n) is 2.58. The Balaban J connectivity index is 1.95. The van der Waals surface area contributed by atoms with Gasteiger partial charge in [0.2, 0.25) is 5.91 Å². The van der Waals surface area contributed by atoms with Gasteiger partial charge in [0.1, 0.15) is 0 Å². The third-order valence-corrected chi connectivity index (χ3v) is 2.58. The highest BCUT2D eigenvalue weighted by molar-refractivity contribution is 5.95. The van der Waals surface area contributed by atoms with Crippen molar-refractivity contribution < 1.29 is 4.79 Å². The molecule has 5 heteroatoms. The molecule has 0 saturated carbocycles. The number of anilines is 1. The molecule has 0 spiro atoms. The smallest absolute Gasteiger partial charge is 0.241 e. The molecule has 0 aromatic carbocycles. The van der Waals surface area contributed by atoms with Gasteiger partial charge in [-0.25, -0.2) is 0 Å². The third kappa shape index (κ3) is 1.77. The zero-order valence-electron chi connectivity index (χ0n) is 8.08. The second kappa shape index (κ2) is 3.79. The summed E-state index contributed by atoms with van der Waals surface area (Å²) in [7, 11) is 0. The zero-order valence-corrected chi connectivity index (χ0v) is 8.08. The van der Waals surface area contributed by atoms with Crippen molar-refractivity contribution in [1.29, 1.82) is 0 Å². The lowest BCUT2D eigenvalue weighted by molar-refractivity contribution is -0.118. The van der Waals surface area contributed by atoms with Crippen LogP contribution in [-0.4, -0.2) is 28.7 Å². The van der Waals surface area contributed by atoms with Gasteiger partial charge in [0.05, 0.1) is 17.9 Å². The summed E-state index contributed by atoms with van der Waals surface area (Å²) in [4.78, 5) is 11.7. The maximum Gasteiger partial charge on any atom is 0.241 e. The monoisotopic (exact) mass is 194 g/mol. The van der Waals surface area contributed by atoms with Crippen LogP contribution >= 0.6 is 0 Å². The van der Waals surface area contributed by atoms with E-state index in [1.54, 1.807) is 12.4 Å². The van der Waals surface area contributed by atoms with Gasteiger partial charge >= 0.3 is 0 Å². The highest BCUT2D eigenvalue weighted by Gasteiger charge is 2.29. The first-order valence-electron chi connectivity index (χ1n) is 4.80. The van der Waals surface area contributed by atoms with Crippen molar-refractivity contribution in [2.24, 2.45) is 5.92 Å². The van der Waals surface area contributed by atoms with Crippen molar-refractivity contribution in [3.05, 3.63) is 12.4 Å². The number of H-pyrrole nitrogens is 1. The first kappa shape index (κ1) is 9.21. The predicted octanol–water partition coefficient (Wildman–Crippen LogP) is 0.346. The molecule has 1 aliphatic rings. The van der Waals surface area contributed by atoms with Gasteiger partial charge in [-0.2, -0.15) is 5.10 Å². The Morgan fingerprint density at radius 2 is 2.57 bits per heavy atom. The summed E-state index contributed by atoms with van der Waals surface area (Å²) in [5, 5.41) is 12.4. The molecule has 3 N–H and O–H groups in total. The van der Waals surface area contributed by atoms with Gasteiger partial charge in [0.15, 0.2) is 0 Å². The Morgan fingerprint density at radius 3 is 3.14 bits per heavy atom. The minimum Gasteiger partial charge on any atom is -0.322 e. The molecule has 14 heavy (non-hydrogen) atoms. The molecule has 76 valence electrons. The van der Waals surface area contributed by atoms with Crippen molar-refractivity contribution in [3.8, 4) is 0 Å². The minimum absolute atomic E-state index is 0.0244. The van der Waals surface area contributed by atoms with Gasteiger partial charge < -0.3 is 10.6 Å². The number of nitrogens with zero attached hydrogens (tertiary/aromatic N) is 1. The highest BCUT2D eigenvalue weighted by atomic mass is 16.2. The molecule has 5 nitrogen and oxygen atoms in total. The molecule has 1 aliphatic heterocycles. The molecule has 1 aromatic heterocycles. The summed E-state index contributed by atoms with van der Waals surface area (Å²) >= 11 is 0. The molecule has 2 heterocycles. The molecule has 1 aromatic rings. The fourth-order valence-electron chi connectivity index (χ4n) is 1.72. The lowest BCUT2D eigenvalue weighted by Gasteiger charge is -2.14. The fourth-order valence-corrected chi connectivity index (χ4v) is 1.72. The number of carbonyl (C=O) groups excluding carboxylic acids is 1. The molecule has 1 amide bonds. The second-order valence-corrected chi connectivity index (χ2v) is 3.67. The van der Waals surface area contributed by atoms with Gasteiger partial charge in [0, 0.05) is 6.20 Å². The lowest BCUT2D eigenvalue weighted by Crippen LogP contribution is -2.38. The van der Waals surface area contributed by atoms with Gasteiger partial charge in [-0.05, 0) is 18.9 Å². The normalized spacial score (nSPS) is 26.4. The average Bonchev–Trinajstić information content (AvgIpc) is 2.75. The quantitative estimate of drug-likeness (QED) is 0.636. The van der Waals surface area contributed by atoms with Crippen molar-refractivity contribution >= 4 is 11.6 Å². The minimum atomic E-state index is -0.0649. The number of carbonyl (C=O) groups is 1. The molecule has 1 saturated heterocycles. The van der Waals surface area contributed by atoms with Crippen molar-refractivity contribution in [3.63, 3.8) is 0 Å². The summed E-state index contributed by atoms with van der Waals surface area (Å²) < 4.78 is 0. The average molecular weight is 194 g/mol. The van der Waals surface area contributed by atoms with Crippen LogP contribution in [0.25, 0.3) is 0 Å². The Morgan fingerprint density at radius 1 is 1.71 bits per heavy atom. The molecular formula is C9H14N4O. The van der Waals surface area contributed by atoms with Crippen molar-refractivity contribution in [2.45, 2.75) is 19.4 Å². The molecule has 0 bridgehead atoms. The maximum atomic E-state index is 11.7. The Kier molecular flexibility index (Phi) is 2.49. The first-order valence-corrected chi connectivity index (χ1v) is 4.80. The second-order valence-electron chi connectivity index (χ2n) is 3.67. The van der Waals surface area contributed by atoms with Crippen LogP contribution in [0.5, 0.6) is 0 Å². The van der Waals surface area contributed by atoms with E-state index in [4.69, 9.17) is 0 Å². The van der Waals surface area contributed by atoms with Crippen LogP contribution in [0.1, 0.15) is 13.3 Å². The van der Waals surface area contributed by atoms with Crippen LogP contribution in [0.2, 0.25) is 0 Å². The summed E-state index contributed by atoms with van der Waals surface area (Å²) in [6.07, 6.45) is 4.32. The largest absolute Gasteiger partial charge is 0.322 e. The first-order chi connectivity index (χ1) is 6.77. The summed E-state index contributed by atoms with van der Waals surface area (Å²) in [6, 6.07) is -0.0649. The molecule has 0 aliphatic carbocycles. The number of amides is 1. The number of hydrogen-bond acceptors (Lipinski definition) is 3. The van der Waals surface area contributed by atoms with Gasteiger partial charge in [-0.15, -0.1) is 0 Å². The van der Waals surface area contributed by atoms with Crippen LogP contribution < -0.4 is 10.6 Å². The van der Waals surface area contributed by atoms with Crippen LogP contribution in [0.4, 0.5) is 5.69 Å². The van der Waals surface area contributed by atoms with E-state index in [0.29, 0.717) is 5.92 Å². The molecule has 2 atom stereocenters. The van der Waals surface area contributed by atoms with Crippen molar-refractivity contribution in [1.82, 2.24) is 15.5 Å². The fraction of sp³-hybridized carbons (Fsp3) is 0.556. The van der Waals surface area contributed by atoms with Crippen LogP contribution in [0, 0.1) is 5.92 Å². The Labute approximate surface area is 82.3 Å². The number of nitrogens with one attached hydrogen (secondary N) is 3. The van der Waals surface area contributed by atoms with E-state index < -0.39 is 0 Å². The van der Waals surface area contributed by atoms with E-state index in [-0.39, 0.29) is 11.9 Å². The molecule has 2 unspecified atom stereocenters. The SMILES string of the molecule is CC1CCNC1C(=O)Nc1cn[nH]c1. The number of aromatic amines is 1. The molecule has 1 fully saturated rings. The van der Waals surface area contributed by atoms with E-state index in [1.807, 2.05) is 0 Å². The number of rotatable bonds is 2. The van der Waals surface area contributed by atoms with E-state index in [2.05, 4.69) is 27.8 Å². The van der Waals surface area contributed by atoms with E-state index in [1.165, 1.54) is 0 Å². The Bertz CT molecular complexity index is 309. The lowest BCUT2D eigenvalue weighted by atomic mass is 10.0. The predicted molar refractivity (Wildman–Crippen MR) is 52.8 cm³/mol. The topological polar surface area (TPSA) is 69.8 Å².